The van der Waals surface area contributed by atoms with Gasteiger partial charge in [-0.15, -0.1) is 0 Å². The molecule has 0 aliphatic rings. The maximum absolute atomic E-state index is 13.5. The summed E-state index contributed by atoms with van der Waals surface area (Å²) in [6.45, 7) is 2.25. The molecule has 0 heterocycles. The van der Waals surface area contributed by atoms with Crippen LogP contribution in [0.2, 0.25) is 0 Å². The Balaban J connectivity index is 2.23. The molecule has 2 amide bonds. The van der Waals surface area contributed by atoms with E-state index in [0.717, 1.165) is 0 Å². The third-order valence-electron chi connectivity index (χ3n) is 2.90. The highest BCUT2D eigenvalue weighted by molar-refractivity contribution is 6.03. The number of benzene rings is 2. The van der Waals surface area contributed by atoms with Gasteiger partial charge in [-0.05, 0) is 31.2 Å². The number of urea groups is 1. The van der Waals surface area contributed by atoms with Gasteiger partial charge >= 0.3 is 6.03 Å². The fourth-order valence-corrected chi connectivity index (χ4v) is 1.90. The summed E-state index contributed by atoms with van der Waals surface area (Å²) in [4.78, 5) is 13.7. The molecule has 0 aliphatic heterocycles. The van der Waals surface area contributed by atoms with Gasteiger partial charge in [0.25, 0.3) is 0 Å². The van der Waals surface area contributed by atoms with E-state index in [1.54, 1.807) is 36.4 Å². The number of amides is 2. The van der Waals surface area contributed by atoms with E-state index in [1.807, 2.05) is 6.92 Å². The van der Waals surface area contributed by atoms with Crippen LogP contribution in [0, 0.1) is 5.82 Å². The van der Waals surface area contributed by atoms with Crippen molar-refractivity contribution in [3.05, 3.63) is 54.3 Å². The molecule has 5 heteroatoms. The van der Waals surface area contributed by atoms with Crippen molar-refractivity contribution in [2.45, 2.75) is 6.92 Å². The highest BCUT2D eigenvalue weighted by atomic mass is 19.1. The second-order valence-electron chi connectivity index (χ2n) is 4.21. The Morgan fingerprint density at radius 2 is 1.85 bits per heavy atom. The van der Waals surface area contributed by atoms with E-state index < -0.39 is 11.8 Å². The Morgan fingerprint density at radius 1 is 1.20 bits per heavy atom. The molecule has 0 radical (unpaired) electrons. The Morgan fingerprint density at radius 3 is 2.50 bits per heavy atom. The zero-order valence-electron chi connectivity index (χ0n) is 11.1. The van der Waals surface area contributed by atoms with Crippen LogP contribution in [0.3, 0.4) is 0 Å². The summed E-state index contributed by atoms with van der Waals surface area (Å²) >= 11 is 0. The minimum atomic E-state index is -0.474. The van der Waals surface area contributed by atoms with Crippen LogP contribution >= 0.6 is 0 Å². The number of nitrogens with two attached hydrogens (primary N) is 1. The van der Waals surface area contributed by atoms with Crippen LogP contribution in [0.5, 0.6) is 0 Å². The van der Waals surface area contributed by atoms with Gasteiger partial charge in [-0.3, -0.25) is 4.90 Å². The Hall–Kier alpha value is -2.56. The molecule has 2 rings (SSSR count). The van der Waals surface area contributed by atoms with Gasteiger partial charge in [-0.2, -0.15) is 0 Å². The first-order valence-corrected chi connectivity index (χ1v) is 6.31. The number of hydrogen-bond acceptors (Lipinski definition) is 2. The van der Waals surface area contributed by atoms with Crippen LogP contribution in [0.15, 0.2) is 48.5 Å². The Bertz CT molecular complexity index is 616. The molecular formula is C15H16FN3O. The summed E-state index contributed by atoms with van der Waals surface area (Å²) in [5, 5.41) is 2.54. The summed E-state index contributed by atoms with van der Waals surface area (Å²) in [7, 11) is 0. The van der Waals surface area contributed by atoms with Crippen molar-refractivity contribution in [1.29, 1.82) is 0 Å². The fraction of sp³-hybridized carbons (Fsp3) is 0.133. The molecule has 0 fully saturated rings. The monoisotopic (exact) mass is 273 g/mol. The molecule has 0 saturated carbocycles. The van der Waals surface area contributed by atoms with Crippen LogP contribution in [-0.2, 0) is 0 Å². The van der Waals surface area contributed by atoms with E-state index in [4.69, 9.17) is 5.73 Å². The average molecular weight is 273 g/mol. The lowest BCUT2D eigenvalue weighted by Gasteiger charge is -2.23. The van der Waals surface area contributed by atoms with Crippen LogP contribution in [0.25, 0.3) is 0 Å². The number of anilines is 3. The standard InChI is InChI=1S/C15H16FN3O/c1-2-19(14-10-6-4-8-12(14)17)15(20)18-13-9-5-3-7-11(13)16/h3-10H,2,17H2,1H3,(H,18,20). The lowest BCUT2D eigenvalue weighted by molar-refractivity contribution is 0.257. The van der Waals surface area contributed by atoms with Crippen molar-refractivity contribution in [2.24, 2.45) is 0 Å². The molecule has 0 bridgehead atoms. The smallest absolute Gasteiger partial charge is 0.326 e. The predicted molar refractivity (Wildman–Crippen MR) is 79.3 cm³/mol. The average Bonchev–Trinajstić information content (AvgIpc) is 2.44. The normalized spacial score (nSPS) is 10.1. The second kappa shape index (κ2) is 6.06. The van der Waals surface area contributed by atoms with E-state index >= 15 is 0 Å². The molecule has 0 aromatic heterocycles. The molecule has 20 heavy (non-hydrogen) atoms. The van der Waals surface area contributed by atoms with Gasteiger partial charge in [0.2, 0.25) is 0 Å². The van der Waals surface area contributed by atoms with Crippen LogP contribution < -0.4 is 16.0 Å². The molecule has 3 N–H and O–H groups in total. The minimum Gasteiger partial charge on any atom is -0.397 e. The van der Waals surface area contributed by atoms with E-state index in [-0.39, 0.29) is 5.69 Å². The molecule has 104 valence electrons. The van der Waals surface area contributed by atoms with Crippen LogP contribution in [0.4, 0.5) is 26.2 Å². The molecule has 4 nitrogen and oxygen atoms in total. The van der Waals surface area contributed by atoms with Crippen molar-refractivity contribution < 1.29 is 9.18 Å². The SMILES string of the molecule is CCN(C(=O)Nc1ccccc1F)c1ccccc1N. The first-order valence-electron chi connectivity index (χ1n) is 6.31. The van der Waals surface area contributed by atoms with Crippen molar-refractivity contribution in [2.75, 3.05) is 22.5 Å². The summed E-state index contributed by atoms with van der Waals surface area (Å²) in [6.07, 6.45) is 0. The topological polar surface area (TPSA) is 58.4 Å². The highest BCUT2D eigenvalue weighted by Gasteiger charge is 2.17. The van der Waals surface area contributed by atoms with Crippen molar-refractivity contribution in [1.82, 2.24) is 0 Å². The zero-order valence-corrected chi connectivity index (χ0v) is 11.1. The Labute approximate surface area is 117 Å². The maximum Gasteiger partial charge on any atom is 0.326 e. The summed E-state index contributed by atoms with van der Waals surface area (Å²) < 4.78 is 13.5. The van der Waals surface area contributed by atoms with Gasteiger partial charge in [0.05, 0.1) is 17.1 Å². The van der Waals surface area contributed by atoms with Gasteiger partial charge in [-0.1, -0.05) is 24.3 Å². The molecule has 0 unspecified atom stereocenters. The summed E-state index contributed by atoms with van der Waals surface area (Å²) in [5.41, 5.74) is 7.11. The number of hydrogen-bond donors (Lipinski definition) is 2. The van der Waals surface area contributed by atoms with Crippen molar-refractivity contribution in [3.8, 4) is 0 Å². The van der Waals surface area contributed by atoms with Gasteiger partial charge in [-0.25, -0.2) is 9.18 Å². The number of carbonyl (C=O) groups is 1. The maximum atomic E-state index is 13.5. The second-order valence-corrected chi connectivity index (χ2v) is 4.21. The van der Waals surface area contributed by atoms with E-state index in [0.29, 0.717) is 17.9 Å². The Kier molecular flexibility index (Phi) is 4.20. The van der Waals surface area contributed by atoms with E-state index in [2.05, 4.69) is 5.32 Å². The summed E-state index contributed by atoms with van der Waals surface area (Å²) in [5.74, 6) is -0.474. The van der Waals surface area contributed by atoms with Gasteiger partial charge in [0, 0.05) is 6.54 Å². The molecule has 2 aromatic rings. The number of carbonyl (C=O) groups excluding carboxylic acids is 1. The lowest BCUT2D eigenvalue weighted by atomic mass is 10.2. The predicted octanol–water partition coefficient (Wildman–Crippen LogP) is 3.47. The van der Waals surface area contributed by atoms with Gasteiger partial charge in [0.15, 0.2) is 0 Å². The van der Waals surface area contributed by atoms with Gasteiger partial charge in [0.1, 0.15) is 5.82 Å². The molecule has 0 saturated heterocycles. The molecule has 0 aliphatic carbocycles. The number of nitrogen functional groups attached to an aromatic ring is 1. The molecule has 0 spiro atoms. The third kappa shape index (κ3) is 2.88. The lowest BCUT2D eigenvalue weighted by Crippen LogP contribution is -2.35. The number of nitrogens with one attached hydrogen (secondary N) is 1. The zero-order chi connectivity index (χ0) is 14.5. The third-order valence-corrected chi connectivity index (χ3v) is 2.90. The first kappa shape index (κ1) is 13.9. The number of nitrogens with zero attached hydrogens (tertiary/aromatic N) is 1. The van der Waals surface area contributed by atoms with E-state index in [9.17, 15) is 9.18 Å². The largest absolute Gasteiger partial charge is 0.397 e. The molecular weight excluding hydrogens is 257 g/mol. The van der Waals surface area contributed by atoms with Crippen molar-refractivity contribution in [3.63, 3.8) is 0 Å². The molecule has 2 aromatic carbocycles. The highest BCUT2D eigenvalue weighted by Crippen LogP contribution is 2.23. The number of halogens is 1. The quantitative estimate of drug-likeness (QED) is 0.841. The van der Waals surface area contributed by atoms with Gasteiger partial charge < -0.3 is 11.1 Å². The first-order chi connectivity index (χ1) is 9.63. The van der Waals surface area contributed by atoms with Crippen molar-refractivity contribution >= 4 is 23.1 Å². The molecule has 0 atom stereocenters. The summed E-state index contributed by atoms with van der Waals surface area (Å²) in [6, 6.07) is 12.7. The number of para-hydroxylation sites is 3. The minimum absolute atomic E-state index is 0.144. The van der Waals surface area contributed by atoms with E-state index in [1.165, 1.54) is 17.0 Å². The van der Waals surface area contributed by atoms with Crippen LogP contribution in [-0.4, -0.2) is 12.6 Å². The fourth-order valence-electron chi connectivity index (χ4n) is 1.90. The van der Waals surface area contributed by atoms with Crippen LogP contribution in [0.1, 0.15) is 6.92 Å². The number of rotatable bonds is 3.